The predicted molar refractivity (Wildman–Crippen MR) is 146 cm³/mol. The lowest BCUT2D eigenvalue weighted by molar-refractivity contribution is -0.290. The van der Waals surface area contributed by atoms with Crippen molar-refractivity contribution >= 4 is 22.9 Å². The molecular weight excluding hydrogens is 469 g/mol. The minimum Gasteiger partial charge on any atom is -0.460 e. The minimum atomic E-state index is -0.843. The molecule has 0 aliphatic carbocycles. The second-order valence-electron chi connectivity index (χ2n) is 11.4. The number of fused-ring (bicyclic) bond motifs is 1. The number of hydrogen-bond donors (Lipinski definition) is 0. The van der Waals surface area contributed by atoms with Gasteiger partial charge in [-0.25, -0.2) is 4.39 Å². The Labute approximate surface area is 219 Å². The maximum atomic E-state index is 13.8. The van der Waals surface area contributed by atoms with E-state index in [-0.39, 0.29) is 36.5 Å². The van der Waals surface area contributed by atoms with Crippen molar-refractivity contribution in [2.75, 3.05) is 0 Å². The van der Waals surface area contributed by atoms with E-state index >= 15 is 0 Å². The summed E-state index contributed by atoms with van der Waals surface area (Å²) in [6.07, 6.45) is 4.27. The summed E-state index contributed by atoms with van der Waals surface area (Å²) in [4.78, 5) is 12.5. The molecule has 1 aliphatic rings. The predicted octanol–water partition coefficient (Wildman–Crippen LogP) is 7.68. The van der Waals surface area contributed by atoms with Gasteiger partial charge in [-0.15, -0.1) is 0 Å². The molecule has 0 spiro atoms. The van der Waals surface area contributed by atoms with Crippen LogP contribution in [0.1, 0.15) is 73.0 Å². The van der Waals surface area contributed by atoms with Crippen LogP contribution < -0.4 is 0 Å². The van der Waals surface area contributed by atoms with Crippen LogP contribution in [0.4, 0.5) is 4.39 Å². The lowest BCUT2D eigenvalue weighted by Crippen LogP contribution is -2.45. The molecule has 0 amide bonds. The summed E-state index contributed by atoms with van der Waals surface area (Å²) < 4.78 is 33.8. The molecule has 0 bridgehead atoms. The van der Waals surface area contributed by atoms with Gasteiger partial charge >= 0.3 is 5.97 Å². The molecule has 0 unspecified atom stereocenters. The number of rotatable bonds is 6. The van der Waals surface area contributed by atoms with Crippen LogP contribution in [0.3, 0.4) is 0 Å². The molecule has 2 heterocycles. The van der Waals surface area contributed by atoms with E-state index in [1.165, 1.54) is 12.1 Å². The third-order valence-corrected chi connectivity index (χ3v) is 6.26. The van der Waals surface area contributed by atoms with E-state index in [0.29, 0.717) is 6.42 Å². The Balaban J connectivity index is 1.70. The molecule has 0 radical (unpaired) electrons. The summed E-state index contributed by atoms with van der Waals surface area (Å²) in [6, 6.07) is 15.1. The van der Waals surface area contributed by atoms with Crippen molar-refractivity contribution in [3.05, 3.63) is 66.1 Å². The molecule has 0 N–H and O–H groups in total. The number of carbonyl (C=O) groups excluding carboxylic acids is 1. The van der Waals surface area contributed by atoms with E-state index in [2.05, 4.69) is 36.6 Å². The van der Waals surface area contributed by atoms with Crippen molar-refractivity contribution in [3.63, 3.8) is 0 Å². The van der Waals surface area contributed by atoms with Crippen molar-refractivity contribution in [1.29, 1.82) is 0 Å². The molecule has 2 atom stereocenters. The summed E-state index contributed by atoms with van der Waals surface area (Å²) in [7, 11) is 0. The molecule has 3 aromatic rings. The van der Waals surface area contributed by atoms with Gasteiger partial charge in [0.2, 0.25) is 0 Å². The van der Waals surface area contributed by atoms with Crippen molar-refractivity contribution in [3.8, 4) is 11.1 Å². The Morgan fingerprint density at radius 2 is 1.81 bits per heavy atom. The number of nitrogens with zero attached hydrogens (tertiary/aromatic N) is 1. The Bertz CT molecular complexity index is 1280. The highest BCUT2D eigenvalue weighted by Crippen LogP contribution is 2.38. The molecule has 1 fully saturated rings. The fourth-order valence-corrected chi connectivity index (χ4v) is 5.08. The van der Waals surface area contributed by atoms with Crippen molar-refractivity contribution in [2.45, 2.75) is 90.9 Å². The summed E-state index contributed by atoms with van der Waals surface area (Å²) >= 11 is 0. The molecule has 1 aromatic heterocycles. The molecule has 37 heavy (non-hydrogen) atoms. The first-order valence-electron chi connectivity index (χ1n) is 13.0. The van der Waals surface area contributed by atoms with E-state index in [9.17, 15) is 9.18 Å². The zero-order valence-electron chi connectivity index (χ0n) is 22.9. The number of para-hydroxylation sites is 1. The standard InChI is InChI=1S/C31H38FNO4/c1-20(2)33-26-11-9-8-10-25(26)29(21-12-14-22(32)15-13-21)27(33)17-16-23-18-24(36-31(6,7)35-23)19-28(34)37-30(3,4)5/h8-17,20,23-24H,18-19H2,1-7H3/t23-,24-/m1/s1. The SMILES string of the molecule is CC(C)n1c(C=C[C@@H]2C[C@H](CC(=O)OC(C)(C)C)OC(C)(C)O2)c(-c2ccc(F)cc2)c2ccccc21. The lowest BCUT2D eigenvalue weighted by Gasteiger charge is -2.39. The second-order valence-corrected chi connectivity index (χ2v) is 11.4. The fourth-order valence-electron chi connectivity index (χ4n) is 5.08. The number of carbonyl (C=O) groups is 1. The molecule has 1 saturated heterocycles. The first kappa shape index (κ1) is 27.1. The largest absolute Gasteiger partial charge is 0.460 e. The topological polar surface area (TPSA) is 49.7 Å². The number of hydrogen-bond acceptors (Lipinski definition) is 4. The highest BCUT2D eigenvalue weighted by atomic mass is 19.1. The van der Waals surface area contributed by atoms with Crippen LogP contribution >= 0.6 is 0 Å². The monoisotopic (exact) mass is 507 g/mol. The number of benzene rings is 2. The molecule has 5 nitrogen and oxygen atoms in total. The molecule has 6 heteroatoms. The molecule has 0 saturated carbocycles. The third-order valence-electron chi connectivity index (χ3n) is 6.26. The Morgan fingerprint density at radius 3 is 2.46 bits per heavy atom. The second kappa shape index (κ2) is 10.4. The van der Waals surface area contributed by atoms with Gasteiger partial charge in [0.15, 0.2) is 5.79 Å². The normalized spacial score (nSPS) is 20.1. The van der Waals surface area contributed by atoms with E-state index in [1.54, 1.807) is 0 Å². The lowest BCUT2D eigenvalue weighted by atomic mass is 10.0. The van der Waals surface area contributed by atoms with Crippen molar-refractivity contribution < 1.29 is 23.4 Å². The smallest absolute Gasteiger partial charge is 0.308 e. The number of halogens is 1. The first-order valence-corrected chi connectivity index (χ1v) is 13.0. The van der Waals surface area contributed by atoms with Crippen molar-refractivity contribution in [1.82, 2.24) is 4.57 Å². The maximum Gasteiger partial charge on any atom is 0.308 e. The molecular formula is C31H38FNO4. The number of aromatic nitrogens is 1. The Hall–Kier alpha value is -2.96. The Morgan fingerprint density at radius 1 is 1.14 bits per heavy atom. The Kier molecular flexibility index (Phi) is 7.63. The van der Waals surface area contributed by atoms with Gasteiger partial charge in [0.1, 0.15) is 11.4 Å². The average molecular weight is 508 g/mol. The highest BCUT2D eigenvalue weighted by molar-refractivity contribution is 6.01. The fraction of sp³-hybridized carbons (Fsp3) is 0.452. The van der Waals surface area contributed by atoms with Crippen LogP contribution in [0.5, 0.6) is 0 Å². The van der Waals surface area contributed by atoms with Gasteiger partial charge in [0.25, 0.3) is 0 Å². The van der Waals surface area contributed by atoms with E-state index in [4.69, 9.17) is 14.2 Å². The molecule has 198 valence electrons. The zero-order valence-corrected chi connectivity index (χ0v) is 22.9. The van der Waals surface area contributed by atoms with Crippen LogP contribution in [0.25, 0.3) is 28.1 Å². The van der Waals surface area contributed by atoms with Crippen LogP contribution in [0, 0.1) is 5.82 Å². The summed E-state index contributed by atoms with van der Waals surface area (Å²) in [6.45, 7) is 13.6. The van der Waals surface area contributed by atoms with Gasteiger partial charge in [-0.2, -0.15) is 0 Å². The minimum absolute atomic E-state index is 0.168. The maximum absolute atomic E-state index is 13.8. The van der Waals surface area contributed by atoms with Gasteiger partial charge in [0, 0.05) is 34.6 Å². The summed E-state index contributed by atoms with van der Waals surface area (Å²) in [5, 5.41) is 1.11. The van der Waals surface area contributed by atoms with Gasteiger partial charge in [-0.1, -0.05) is 36.4 Å². The van der Waals surface area contributed by atoms with Crippen LogP contribution in [0.2, 0.25) is 0 Å². The zero-order chi connectivity index (χ0) is 27.0. The first-order chi connectivity index (χ1) is 17.3. The van der Waals surface area contributed by atoms with Gasteiger partial charge in [-0.3, -0.25) is 4.79 Å². The number of ether oxygens (including phenoxy) is 3. The van der Waals surface area contributed by atoms with E-state index in [0.717, 1.165) is 27.7 Å². The highest BCUT2D eigenvalue weighted by Gasteiger charge is 2.36. The summed E-state index contributed by atoms with van der Waals surface area (Å²) in [5.74, 6) is -1.39. The van der Waals surface area contributed by atoms with Gasteiger partial charge in [0.05, 0.1) is 18.6 Å². The van der Waals surface area contributed by atoms with E-state index in [1.807, 2.05) is 65.0 Å². The third kappa shape index (κ3) is 6.49. The summed E-state index contributed by atoms with van der Waals surface area (Å²) in [5.41, 5.74) is 3.61. The quantitative estimate of drug-likeness (QED) is 0.321. The van der Waals surface area contributed by atoms with E-state index < -0.39 is 11.4 Å². The van der Waals surface area contributed by atoms with Gasteiger partial charge in [-0.05, 0) is 78.3 Å². The van der Waals surface area contributed by atoms with Gasteiger partial charge < -0.3 is 18.8 Å². The molecule has 4 rings (SSSR count). The molecule has 2 aromatic carbocycles. The molecule has 1 aliphatic heterocycles. The number of esters is 1. The van der Waals surface area contributed by atoms with Crippen LogP contribution in [0.15, 0.2) is 54.6 Å². The van der Waals surface area contributed by atoms with Crippen molar-refractivity contribution in [2.24, 2.45) is 0 Å². The average Bonchev–Trinajstić information content (AvgIpc) is 3.10. The van der Waals surface area contributed by atoms with Crippen LogP contribution in [-0.2, 0) is 19.0 Å². The van der Waals surface area contributed by atoms with Crippen LogP contribution in [-0.4, -0.2) is 34.1 Å².